The Bertz CT molecular complexity index is 938. The highest BCUT2D eigenvalue weighted by atomic mass is 16.7. The molecule has 0 aromatic carbocycles. The molecule has 1 rings (SSSR count). The van der Waals surface area contributed by atoms with Crippen molar-refractivity contribution in [3.8, 4) is 0 Å². The highest BCUT2D eigenvalue weighted by Gasteiger charge is 2.44. The molecule has 10 heteroatoms. The zero-order valence-corrected chi connectivity index (χ0v) is 34.2. The van der Waals surface area contributed by atoms with E-state index in [1.807, 2.05) is 0 Å². The third-order valence-electron chi connectivity index (χ3n) is 10.1. The van der Waals surface area contributed by atoms with Crippen LogP contribution in [0.15, 0.2) is 24.3 Å². The van der Waals surface area contributed by atoms with Gasteiger partial charge < -0.3 is 39.4 Å². The lowest BCUT2D eigenvalue weighted by atomic mass is 9.99. The van der Waals surface area contributed by atoms with Gasteiger partial charge in [-0.25, -0.2) is 0 Å². The summed E-state index contributed by atoms with van der Waals surface area (Å²) in [6, 6.07) is 0. The highest BCUT2D eigenvalue weighted by molar-refractivity contribution is 5.70. The summed E-state index contributed by atoms with van der Waals surface area (Å²) in [7, 11) is 0. The number of carbonyl (C=O) groups excluding carboxylic acids is 2. The number of allylic oxidation sites excluding steroid dienone is 4. The molecule has 2 unspecified atom stereocenters. The second-order valence-corrected chi connectivity index (χ2v) is 15.2. The number of unbranched alkanes of at least 4 members (excludes halogenated alkanes) is 21. The topological polar surface area (TPSA) is 152 Å². The molecule has 1 heterocycles. The maximum Gasteiger partial charge on any atom is 0.306 e. The minimum absolute atomic E-state index is 0.190. The largest absolute Gasteiger partial charge is 0.462 e. The Kier molecular flexibility index (Phi) is 33.1. The van der Waals surface area contributed by atoms with Gasteiger partial charge in [0.05, 0.1) is 13.2 Å². The van der Waals surface area contributed by atoms with E-state index in [2.05, 4.69) is 38.2 Å². The number of esters is 2. The van der Waals surface area contributed by atoms with E-state index in [1.165, 1.54) is 109 Å². The zero-order chi connectivity index (χ0) is 39.5. The van der Waals surface area contributed by atoms with Crippen LogP contribution in [0.2, 0.25) is 0 Å². The molecule has 6 atom stereocenters. The summed E-state index contributed by atoms with van der Waals surface area (Å²) in [6.07, 6.45) is 30.4. The van der Waals surface area contributed by atoms with Crippen molar-refractivity contribution in [1.82, 2.24) is 0 Å². The molecule has 0 aromatic rings. The Hall–Kier alpha value is -1.82. The number of aliphatic hydroxyl groups is 4. The predicted octanol–water partition coefficient (Wildman–Crippen LogP) is 8.94. The van der Waals surface area contributed by atoms with E-state index in [4.69, 9.17) is 18.9 Å². The number of carbonyl (C=O) groups is 2. The highest BCUT2D eigenvalue weighted by Crippen LogP contribution is 2.22. The molecule has 0 saturated carbocycles. The van der Waals surface area contributed by atoms with Crippen molar-refractivity contribution in [3.05, 3.63) is 24.3 Å². The lowest BCUT2D eigenvalue weighted by molar-refractivity contribution is -0.305. The van der Waals surface area contributed by atoms with Gasteiger partial charge in [-0.1, -0.05) is 154 Å². The van der Waals surface area contributed by atoms with Crippen molar-refractivity contribution >= 4 is 11.9 Å². The van der Waals surface area contributed by atoms with Gasteiger partial charge in [0.2, 0.25) is 0 Å². The van der Waals surface area contributed by atoms with Crippen LogP contribution in [0.4, 0.5) is 0 Å². The summed E-state index contributed by atoms with van der Waals surface area (Å²) in [5, 5.41) is 40.0. The van der Waals surface area contributed by atoms with Crippen LogP contribution in [0.25, 0.3) is 0 Å². The summed E-state index contributed by atoms with van der Waals surface area (Å²) in [4.78, 5) is 25.3. The van der Waals surface area contributed by atoms with Crippen LogP contribution in [0.3, 0.4) is 0 Å². The second kappa shape index (κ2) is 35.6. The van der Waals surface area contributed by atoms with E-state index in [1.54, 1.807) is 0 Å². The van der Waals surface area contributed by atoms with Crippen LogP contribution < -0.4 is 0 Å². The maximum atomic E-state index is 12.7. The van der Waals surface area contributed by atoms with E-state index < -0.39 is 49.4 Å². The molecule has 0 aliphatic carbocycles. The summed E-state index contributed by atoms with van der Waals surface area (Å²) >= 11 is 0. The van der Waals surface area contributed by atoms with Crippen molar-refractivity contribution in [2.24, 2.45) is 0 Å². The van der Waals surface area contributed by atoms with Crippen molar-refractivity contribution < 1.29 is 49.0 Å². The van der Waals surface area contributed by atoms with E-state index in [0.717, 1.165) is 44.9 Å². The van der Waals surface area contributed by atoms with Gasteiger partial charge >= 0.3 is 11.9 Å². The summed E-state index contributed by atoms with van der Waals surface area (Å²) in [5.41, 5.74) is 0. The Balaban J connectivity index is 2.37. The minimum Gasteiger partial charge on any atom is -0.462 e. The van der Waals surface area contributed by atoms with E-state index in [0.29, 0.717) is 6.42 Å². The van der Waals surface area contributed by atoms with Gasteiger partial charge in [0.25, 0.3) is 0 Å². The Labute approximate surface area is 328 Å². The van der Waals surface area contributed by atoms with Crippen LogP contribution in [0.1, 0.15) is 187 Å². The van der Waals surface area contributed by atoms with Crippen molar-refractivity contribution in [3.63, 3.8) is 0 Å². The molecule has 0 spiro atoms. The normalized spacial score (nSPS) is 20.9. The molecule has 0 aromatic heterocycles. The first-order valence-corrected chi connectivity index (χ1v) is 21.9. The third kappa shape index (κ3) is 26.9. The molecule has 4 N–H and O–H groups in total. The van der Waals surface area contributed by atoms with E-state index in [9.17, 15) is 30.0 Å². The predicted molar refractivity (Wildman–Crippen MR) is 215 cm³/mol. The fourth-order valence-corrected chi connectivity index (χ4v) is 6.57. The SMILES string of the molecule is CCCCCCCC/C=C/C/C=C/CCCCC(=O)O[C@@H](COC(=O)CCCCCCCCCCCCCCCC)CO[C@H]1O[C@@H](CO)[C@@H](O)C(O)C1O. The van der Waals surface area contributed by atoms with Crippen molar-refractivity contribution in [2.45, 2.75) is 224 Å². The van der Waals surface area contributed by atoms with Gasteiger partial charge in [0.15, 0.2) is 12.4 Å². The van der Waals surface area contributed by atoms with Crippen LogP contribution in [-0.2, 0) is 28.5 Å². The summed E-state index contributed by atoms with van der Waals surface area (Å²) in [5.74, 6) is -0.839. The fourth-order valence-electron chi connectivity index (χ4n) is 6.57. The van der Waals surface area contributed by atoms with Gasteiger partial charge in [-0.2, -0.15) is 0 Å². The molecule has 0 radical (unpaired) electrons. The first kappa shape index (κ1) is 50.2. The van der Waals surface area contributed by atoms with Gasteiger partial charge in [-0.15, -0.1) is 0 Å². The molecule has 0 bridgehead atoms. The van der Waals surface area contributed by atoms with Gasteiger partial charge in [-0.05, 0) is 44.9 Å². The molecular weight excluding hydrogens is 688 g/mol. The molecule has 1 saturated heterocycles. The Morgan fingerprint density at radius 1 is 0.574 bits per heavy atom. The van der Waals surface area contributed by atoms with Crippen molar-refractivity contribution in [1.29, 1.82) is 0 Å². The first-order valence-electron chi connectivity index (χ1n) is 21.9. The maximum absolute atomic E-state index is 12.7. The number of rotatable bonds is 36. The number of aliphatic hydroxyl groups excluding tert-OH is 4. The van der Waals surface area contributed by atoms with Gasteiger partial charge in [0, 0.05) is 12.8 Å². The average Bonchev–Trinajstić information content (AvgIpc) is 3.17. The molecule has 1 aliphatic heterocycles. The van der Waals surface area contributed by atoms with Crippen molar-refractivity contribution in [2.75, 3.05) is 19.8 Å². The molecule has 10 nitrogen and oxygen atoms in total. The standard InChI is InChI=1S/C44H80O10/c1-3-5-7-9-11-13-15-17-19-21-23-25-27-29-31-33-40(47)53-37(36-52-44-43(50)42(49)41(48)38(34-45)54-44)35-51-39(46)32-30-28-26-24-22-20-18-16-14-12-10-8-6-4-2/h17,19,23,25,37-38,41-45,48-50H,3-16,18,20-22,24,26-36H2,1-2H3/b19-17+,25-23+/t37-,38-,41+,42?,43?,44-/m0/s1. The summed E-state index contributed by atoms with van der Waals surface area (Å²) < 4.78 is 22.1. The second-order valence-electron chi connectivity index (χ2n) is 15.2. The Morgan fingerprint density at radius 3 is 1.57 bits per heavy atom. The van der Waals surface area contributed by atoms with Gasteiger partial charge in [-0.3, -0.25) is 9.59 Å². The lowest BCUT2D eigenvalue weighted by Gasteiger charge is -2.39. The summed E-state index contributed by atoms with van der Waals surface area (Å²) in [6.45, 7) is 3.39. The molecule has 54 heavy (non-hydrogen) atoms. The lowest BCUT2D eigenvalue weighted by Crippen LogP contribution is -2.59. The van der Waals surface area contributed by atoms with Crippen LogP contribution in [-0.4, -0.2) is 89.0 Å². The van der Waals surface area contributed by atoms with E-state index in [-0.39, 0.29) is 32.0 Å². The molecule has 316 valence electrons. The number of hydrogen-bond acceptors (Lipinski definition) is 10. The van der Waals surface area contributed by atoms with Gasteiger partial charge in [0.1, 0.15) is 31.0 Å². The first-order chi connectivity index (χ1) is 26.3. The average molecular weight is 769 g/mol. The quantitative estimate of drug-likeness (QED) is 0.0276. The molecular formula is C44H80O10. The smallest absolute Gasteiger partial charge is 0.306 e. The monoisotopic (exact) mass is 769 g/mol. The van der Waals surface area contributed by atoms with Crippen LogP contribution in [0, 0.1) is 0 Å². The Morgan fingerprint density at radius 2 is 1.04 bits per heavy atom. The third-order valence-corrected chi connectivity index (χ3v) is 10.1. The zero-order valence-electron chi connectivity index (χ0n) is 34.2. The fraction of sp³-hybridized carbons (Fsp3) is 0.864. The van der Waals surface area contributed by atoms with Crippen LogP contribution >= 0.6 is 0 Å². The number of hydrogen-bond donors (Lipinski definition) is 4. The van der Waals surface area contributed by atoms with E-state index >= 15 is 0 Å². The minimum atomic E-state index is -1.60. The number of ether oxygens (including phenoxy) is 4. The molecule has 1 fully saturated rings. The molecule has 1 aliphatic rings. The molecule has 0 amide bonds. The van der Waals surface area contributed by atoms with Crippen LogP contribution in [0.5, 0.6) is 0 Å².